The van der Waals surface area contributed by atoms with Crippen molar-refractivity contribution in [1.82, 2.24) is 4.90 Å². The second-order valence-corrected chi connectivity index (χ2v) is 6.97. The molecule has 2 aliphatic heterocycles. The molecule has 4 rings (SSSR count). The van der Waals surface area contributed by atoms with Crippen molar-refractivity contribution < 1.29 is 0 Å². The van der Waals surface area contributed by atoms with Crippen molar-refractivity contribution >= 4 is 17.1 Å². The van der Waals surface area contributed by atoms with Gasteiger partial charge in [-0.05, 0) is 50.7 Å². The van der Waals surface area contributed by atoms with E-state index in [0.29, 0.717) is 12.1 Å². The standard InChI is InChI=1S/C20H25N3/c1-21(2)15-12-13-18-16-8-4-5-9-17(16)22(3)19-10-6-7-11-20(19)23(18)14-15/h4-11,15,18H,12-14H2,1-3H3. The lowest BCUT2D eigenvalue weighted by Gasteiger charge is -2.43. The van der Waals surface area contributed by atoms with E-state index in [4.69, 9.17) is 0 Å². The summed E-state index contributed by atoms with van der Waals surface area (Å²) in [5.74, 6) is 0. The van der Waals surface area contributed by atoms with Crippen LogP contribution >= 0.6 is 0 Å². The lowest BCUT2D eigenvalue weighted by Crippen LogP contribution is -2.46. The van der Waals surface area contributed by atoms with E-state index in [-0.39, 0.29) is 0 Å². The Labute approximate surface area is 139 Å². The molecule has 1 fully saturated rings. The predicted octanol–water partition coefficient (Wildman–Crippen LogP) is 4.04. The zero-order chi connectivity index (χ0) is 16.0. The van der Waals surface area contributed by atoms with Crippen molar-refractivity contribution in [2.24, 2.45) is 0 Å². The summed E-state index contributed by atoms with van der Waals surface area (Å²) in [5.41, 5.74) is 5.48. The van der Waals surface area contributed by atoms with Crippen LogP contribution in [0.5, 0.6) is 0 Å². The Morgan fingerprint density at radius 3 is 2.26 bits per heavy atom. The van der Waals surface area contributed by atoms with Crippen LogP contribution in [0.4, 0.5) is 17.1 Å². The Balaban J connectivity index is 1.88. The average Bonchev–Trinajstić information content (AvgIpc) is 2.70. The summed E-state index contributed by atoms with van der Waals surface area (Å²) in [4.78, 5) is 7.36. The molecular formula is C20H25N3. The highest BCUT2D eigenvalue weighted by Gasteiger charge is 2.35. The molecule has 2 aromatic rings. The average molecular weight is 307 g/mol. The van der Waals surface area contributed by atoms with Crippen LogP contribution in [0.25, 0.3) is 0 Å². The van der Waals surface area contributed by atoms with Crippen LogP contribution in [0.3, 0.4) is 0 Å². The zero-order valence-corrected chi connectivity index (χ0v) is 14.2. The number of likely N-dealkylation sites (N-methyl/N-ethyl adjacent to an activating group) is 1. The van der Waals surface area contributed by atoms with Crippen LogP contribution in [0.2, 0.25) is 0 Å². The topological polar surface area (TPSA) is 9.72 Å². The van der Waals surface area contributed by atoms with Crippen LogP contribution in [-0.2, 0) is 0 Å². The molecule has 3 heteroatoms. The van der Waals surface area contributed by atoms with Gasteiger partial charge in [0, 0.05) is 25.3 Å². The van der Waals surface area contributed by atoms with E-state index in [9.17, 15) is 0 Å². The van der Waals surface area contributed by atoms with E-state index in [1.165, 1.54) is 35.5 Å². The summed E-state index contributed by atoms with van der Waals surface area (Å²) in [5, 5.41) is 0. The highest BCUT2D eigenvalue weighted by molar-refractivity contribution is 5.81. The number of nitrogens with zero attached hydrogens (tertiary/aromatic N) is 3. The first kappa shape index (κ1) is 14.6. The summed E-state index contributed by atoms with van der Waals surface area (Å²) < 4.78 is 0. The van der Waals surface area contributed by atoms with Crippen molar-refractivity contribution in [3.05, 3.63) is 54.1 Å². The number of para-hydroxylation sites is 3. The molecule has 0 amide bonds. The maximum absolute atomic E-state index is 2.63. The van der Waals surface area contributed by atoms with Crippen LogP contribution < -0.4 is 9.80 Å². The predicted molar refractivity (Wildman–Crippen MR) is 97.7 cm³/mol. The first-order valence-corrected chi connectivity index (χ1v) is 8.51. The lowest BCUT2D eigenvalue weighted by molar-refractivity contribution is 0.239. The number of hydrogen-bond donors (Lipinski definition) is 0. The van der Waals surface area contributed by atoms with E-state index in [1.54, 1.807) is 0 Å². The molecular weight excluding hydrogens is 282 g/mol. The first-order valence-electron chi connectivity index (χ1n) is 8.51. The summed E-state index contributed by atoms with van der Waals surface area (Å²) in [6, 6.07) is 18.8. The van der Waals surface area contributed by atoms with Gasteiger partial charge in [0.15, 0.2) is 0 Å². The number of fused-ring (bicyclic) bond motifs is 5. The quantitative estimate of drug-likeness (QED) is 0.787. The lowest BCUT2D eigenvalue weighted by atomic mass is 9.91. The molecule has 0 saturated carbocycles. The second kappa shape index (κ2) is 5.57. The number of anilines is 3. The summed E-state index contributed by atoms with van der Waals surface area (Å²) in [6.07, 6.45) is 2.47. The molecule has 0 N–H and O–H groups in total. The van der Waals surface area contributed by atoms with Crippen LogP contribution in [0.15, 0.2) is 48.5 Å². The molecule has 2 aliphatic rings. The third-order valence-corrected chi connectivity index (χ3v) is 5.50. The Kier molecular flexibility index (Phi) is 3.53. The first-order chi connectivity index (χ1) is 11.2. The van der Waals surface area contributed by atoms with Gasteiger partial charge in [-0.2, -0.15) is 0 Å². The largest absolute Gasteiger partial charge is 0.361 e. The molecule has 120 valence electrons. The van der Waals surface area contributed by atoms with Gasteiger partial charge in [0.2, 0.25) is 0 Å². The minimum Gasteiger partial charge on any atom is -0.361 e. The van der Waals surface area contributed by atoms with Gasteiger partial charge in [0.1, 0.15) is 0 Å². The third kappa shape index (κ3) is 2.31. The van der Waals surface area contributed by atoms with Gasteiger partial charge >= 0.3 is 0 Å². The van der Waals surface area contributed by atoms with Gasteiger partial charge in [-0.1, -0.05) is 30.3 Å². The maximum atomic E-state index is 2.63. The van der Waals surface area contributed by atoms with Crippen molar-refractivity contribution in [2.75, 3.05) is 37.5 Å². The van der Waals surface area contributed by atoms with Gasteiger partial charge in [0.25, 0.3) is 0 Å². The Morgan fingerprint density at radius 1 is 0.870 bits per heavy atom. The monoisotopic (exact) mass is 307 g/mol. The molecule has 0 bridgehead atoms. The Morgan fingerprint density at radius 2 is 1.52 bits per heavy atom. The van der Waals surface area contributed by atoms with Crippen LogP contribution in [0.1, 0.15) is 24.4 Å². The molecule has 2 aromatic carbocycles. The molecule has 2 atom stereocenters. The molecule has 0 aliphatic carbocycles. The summed E-state index contributed by atoms with van der Waals surface area (Å²) in [6.45, 7) is 1.09. The zero-order valence-electron chi connectivity index (χ0n) is 14.2. The number of hydrogen-bond acceptors (Lipinski definition) is 3. The fourth-order valence-electron chi connectivity index (χ4n) is 4.16. The van der Waals surface area contributed by atoms with Gasteiger partial charge in [-0.15, -0.1) is 0 Å². The number of piperidine rings is 1. The van der Waals surface area contributed by atoms with E-state index in [1.807, 2.05) is 0 Å². The fourth-order valence-corrected chi connectivity index (χ4v) is 4.16. The SMILES string of the molecule is CN1c2ccccc2C2CCC(N(C)C)CN2c2ccccc21. The molecule has 0 aromatic heterocycles. The van der Waals surface area contributed by atoms with E-state index < -0.39 is 0 Å². The molecule has 1 saturated heterocycles. The van der Waals surface area contributed by atoms with Gasteiger partial charge in [0.05, 0.1) is 17.4 Å². The minimum atomic E-state index is 0.480. The summed E-state index contributed by atoms with van der Waals surface area (Å²) >= 11 is 0. The smallest absolute Gasteiger partial charge is 0.0646 e. The van der Waals surface area contributed by atoms with Crippen molar-refractivity contribution in [3.8, 4) is 0 Å². The third-order valence-electron chi connectivity index (χ3n) is 5.50. The molecule has 3 nitrogen and oxygen atoms in total. The Hall–Kier alpha value is -2.00. The van der Waals surface area contributed by atoms with Crippen LogP contribution in [-0.4, -0.2) is 38.6 Å². The Bertz CT molecular complexity index is 710. The van der Waals surface area contributed by atoms with Crippen molar-refractivity contribution in [2.45, 2.75) is 24.9 Å². The van der Waals surface area contributed by atoms with Crippen molar-refractivity contribution in [1.29, 1.82) is 0 Å². The van der Waals surface area contributed by atoms with Gasteiger partial charge in [-0.25, -0.2) is 0 Å². The van der Waals surface area contributed by atoms with E-state index in [0.717, 1.165) is 6.54 Å². The fraction of sp³-hybridized carbons (Fsp3) is 0.400. The summed E-state index contributed by atoms with van der Waals surface area (Å²) in [7, 11) is 6.60. The normalized spacial score (nSPS) is 23.1. The number of rotatable bonds is 1. The van der Waals surface area contributed by atoms with E-state index >= 15 is 0 Å². The molecule has 2 heterocycles. The van der Waals surface area contributed by atoms with Crippen LogP contribution in [0, 0.1) is 0 Å². The molecule has 0 spiro atoms. The minimum absolute atomic E-state index is 0.480. The molecule has 23 heavy (non-hydrogen) atoms. The molecule has 2 unspecified atom stereocenters. The number of benzene rings is 2. The highest BCUT2D eigenvalue weighted by atomic mass is 15.3. The highest BCUT2D eigenvalue weighted by Crippen LogP contribution is 2.47. The second-order valence-electron chi connectivity index (χ2n) is 6.97. The van der Waals surface area contributed by atoms with Crippen molar-refractivity contribution in [3.63, 3.8) is 0 Å². The molecule has 0 radical (unpaired) electrons. The van der Waals surface area contributed by atoms with Gasteiger partial charge < -0.3 is 14.7 Å². The van der Waals surface area contributed by atoms with E-state index in [2.05, 4.69) is 84.4 Å². The maximum Gasteiger partial charge on any atom is 0.0646 e. The van der Waals surface area contributed by atoms with Gasteiger partial charge in [-0.3, -0.25) is 0 Å².